The Bertz CT molecular complexity index is 658. The predicted octanol–water partition coefficient (Wildman–Crippen LogP) is 4.54. The van der Waals surface area contributed by atoms with Crippen LogP contribution in [0.25, 0.3) is 0 Å². The van der Waals surface area contributed by atoms with Crippen molar-refractivity contribution >= 4 is 27.5 Å². The first kappa shape index (κ1) is 15.5. The van der Waals surface area contributed by atoms with Crippen molar-refractivity contribution in [3.63, 3.8) is 0 Å². The van der Waals surface area contributed by atoms with E-state index in [0.29, 0.717) is 5.69 Å². The van der Waals surface area contributed by atoms with Gasteiger partial charge < -0.3 is 10.1 Å². The van der Waals surface area contributed by atoms with Crippen LogP contribution in [0.1, 0.15) is 27.7 Å². The summed E-state index contributed by atoms with van der Waals surface area (Å²) in [4.78, 5) is 12.3. The quantitative estimate of drug-likeness (QED) is 0.821. The normalized spacial score (nSPS) is 11.8. The fraction of sp³-hybridized carbons (Fsp3) is 0.188. The Kier molecular flexibility index (Phi) is 4.96. The Labute approximate surface area is 131 Å². The number of ether oxygens (including phenoxy) is 1. The van der Waals surface area contributed by atoms with Gasteiger partial charge >= 0.3 is 0 Å². The Morgan fingerprint density at radius 3 is 2.62 bits per heavy atom. The summed E-state index contributed by atoms with van der Waals surface area (Å²) in [6, 6.07) is 11.6. The molecule has 2 rings (SSSR count). The molecule has 2 aromatic carbocycles. The molecule has 1 atom stereocenters. The Balaban J connectivity index is 2.24. The van der Waals surface area contributed by atoms with Crippen molar-refractivity contribution in [2.75, 3.05) is 12.4 Å². The molecule has 0 radical (unpaired) electrons. The zero-order chi connectivity index (χ0) is 15.4. The summed E-state index contributed by atoms with van der Waals surface area (Å²) in [6.45, 7) is 1.97. The predicted molar refractivity (Wildman–Crippen MR) is 84.7 cm³/mol. The van der Waals surface area contributed by atoms with Crippen molar-refractivity contribution in [1.82, 2.24) is 0 Å². The molecule has 1 unspecified atom stereocenters. The fourth-order valence-corrected chi connectivity index (χ4v) is 2.36. The number of benzene rings is 2. The number of rotatable bonds is 4. The molecule has 0 saturated heterocycles. The van der Waals surface area contributed by atoms with Crippen molar-refractivity contribution in [2.45, 2.75) is 11.8 Å². The maximum atomic E-state index is 13.6. The van der Waals surface area contributed by atoms with Gasteiger partial charge in [-0.25, -0.2) is 4.39 Å². The lowest BCUT2D eigenvalue weighted by molar-refractivity contribution is 0.102. The summed E-state index contributed by atoms with van der Waals surface area (Å²) in [6.07, 6.45) is 0. The van der Waals surface area contributed by atoms with Gasteiger partial charge in [0, 0.05) is 16.1 Å². The highest BCUT2D eigenvalue weighted by atomic mass is 79.9. The van der Waals surface area contributed by atoms with Crippen LogP contribution in [0.3, 0.4) is 0 Å². The van der Waals surface area contributed by atoms with E-state index in [9.17, 15) is 9.18 Å². The standard InChI is InChI=1S/C16H15BrFNO2/c1-10(17)12-5-3-4-6-14(12)19-16(20)11-7-8-15(21-2)13(18)9-11/h3-10H,1-2H3,(H,19,20). The van der Waals surface area contributed by atoms with Crippen LogP contribution >= 0.6 is 15.9 Å². The van der Waals surface area contributed by atoms with Gasteiger partial charge in [0.25, 0.3) is 5.91 Å². The molecule has 3 nitrogen and oxygen atoms in total. The lowest BCUT2D eigenvalue weighted by Gasteiger charge is -2.13. The van der Waals surface area contributed by atoms with Crippen molar-refractivity contribution in [3.8, 4) is 5.75 Å². The molecule has 0 aliphatic rings. The molecular formula is C16H15BrFNO2. The van der Waals surface area contributed by atoms with Gasteiger partial charge in [0.15, 0.2) is 11.6 Å². The van der Waals surface area contributed by atoms with E-state index in [1.807, 2.05) is 31.2 Å². The topological polar surface area (TPSA) is 38.3 Å². The summed E-state index contributed by atoms with van der Waals surface area (Å²) in [5.41, 5.74) is 1.90. The highest BCUT2D eigenvalue weighted by Crippen LogP contribution is 2.29. The number of anilines is 1. The summed E-state index contributed by atoms with van der Waals surface area (Å²) < 4.78 is 18.5. The molecule has 0 heterocycles. The first-order valence-corrected chi connectivity index (χ1v) is 7.32. The molecule has 0 spiro atoms. The minimum absolute atomic E-state index is 0.0987. The minimum atomic E-state index is -0.563. The number of carbonyl (C=O) groups excluding carboxylic acids is 1. The molecule has 110 valence electrons. The SMILES string of the molecule is COc1ccc(C(=O)Nc2ccccc2C(C)Br)cc1F. The van der Waals surface area contributed by atoms with Crippen molar-refractivity contribution < 1.29 is 13.9 Å². The zero-order valence-corrected chi connectivity index (χ0v) is 13.3. The van der Waals surface area contributed by atoms with Gasteiger partial charge in [-0.1, -0.05) is 34.1 Å². The Morgan fingerprint density at radius 1 is 1.29 bits per heavy atom. The Hall–Kier alpha value is -1.88. The molecule has 0 saturated carbocycles. The first-order valence-electron chi connectivity index (χ1n) is 6.41. The number of methoxy groups -OCH3 is 1. The largest absolute Gasteiger partial charge is 0.494 e. The molecule has 0 aliphatic carbocycles. The smallest absolute Gasteiger partial charge is 0.255 e. The molecule has 5 heteroatoms. The number of amides is 1. The van der Waals surface area contributed by atoms with Crippen molar-refractivity contribution in [2.24, 2.45) is 0 Å². The molecule has 0 bridgehead atoms. The number of carbonyl (C=O) groups is 1. The van der Waals surface area contributed by atoms with Gasteiger partial charge in [-0.2, -0.15) is 0 Å². The van der Waals surface area contributed by atoms with E-state index in [4.69, 9.17) is 4.74 Å². The number of para-hydroxylation sites is 1. The number of hydrogen-bond donors (Lipinski definition) is 1. The van der Waals surface area contributed by atoms with Gasteiger partial charge in [-0.05, 0) is 36.8 Å². The van der Waals surface area contributed by atoms with Gasteiger partial charge in [-0.3, -0.25) is 4.79 Å². The van der Waals surface area contributed by atoms with Crippen LogP contribution in [0.2, 0.25) is 0 Å². The van der Waals surface area contributed by atoms with Crippen LogP contribution < -0.4 is 10.1 Å². The zero-order valence-electron chi connectivity index (χ0n) is 11.7. The highest BCUT2D eigenvalue weighted by molar-refractivity contribution is 9.09. The van der Waals surface area contributed by atoms with Crippen molar-refractivity contribution in [1.29, 1.82) is 0 Å². The molecular weight excluding hydrogens is 337 g/mol. The van der Waals surface area contributed by atoms with E-state index in [-0.39, 0.29) is 22.0 Å². The third-order valence-electron chi connectivity index (χ3n) is 3.05. The third-order valence-corrected chi connectivity index (χ3v) is 3.54. The lowest BCUT2D eigenvalue weighted by Crippen LogP contribution is -2.13. The second-order valence-electron chi connectivity index (χ2n) is 4.51. The van der Waals surface area contributed by atoms with Crippen LogP contribution in [0, 0.1) is 5.82 Å². The van der Waals surface area contributed by atoms with Crippen LogP contribution in [-0.2, 0) is 0 Å². The van der Waals surface area contributed by atoms with Gasteiger partial charge in [-0.15, -0.1) is 0 Å². The minimum Gasteiger partial charge on any atom is -0.494 e. The van der Waals surface area contributed by atoms with Gasteiger partial charge in [0.2, 0.25) is 0 Å². The van der Waals surface area contributed by atoms with E-state index in [1.54, 1.807) is 0 Å². The van der Waals surface area contributed by atoms with Gasteiger partial charge in [0.05, 0.1) is 7.11 Å². The summed E-state index contributed by atoms with van der Waals surface area (Å²) >= 11 is 3.48. The highest BCUT2D eigenvalue weighted by Gasteiger charge is 2.13. The van der Waals surface area contributed by atoms with E-state index < -0.39 is 5.82 Å². The molecule has 0 fully saturated rings. The third kappa shape index (κ3) is 3.61. The monoisotopic (exact) mass is 351 g/mol. The average molecular weight is 352 g/mol. The number of hydrogen-bond acceptors (Lipinski definition) is 2. The maximum absolute atomic E-state index is 13.6. The van der Waals surface area contributed by atoms with E-state index in [0.717, 1.165) is 11.6 Å². The second kappa shape index (κ2) is 6.72. The lowest BCUT2D eigenvalue weighted by atomic mass is 10.1. The summed E-state index contributed by atoms with van der Waals surface area (Å²) in [7, 11) is 1.38. The van der Waals surface area contributed by atoms with E-state index in [2.05, 4.69) is 21.2 Å². The maximum Gasteiger partial charge on any atom is 0.255 e. The number of nitrogens with one attached hydrogen (secondary N) is 1. The van der Waals surface area contributed by atoms with Crippen LogP contribution in [-0.4, -0.2) is 13.0 Å². The molecule has 21 heavy (non-hydrogen) atoms. The van der Waals surface area contributed by atoms with Gasteiger partial charge in [0.1, 0.15) is 0 Å². The average Bonchev–Trinajstić information content (AvgIpc) is 2.47. The van der Waals surface area contributed by atoms with Crippen LogP contribution in [0.4, 0.5) is 10.1 Å². The Morgan fingerprint density at radius 2 is 2.00 bits per heavy atom. The van der Waals surface area contributed by atoms with Crippen molar-refractivity contribution in [3.05, 3.63) is 59.4 Å². The molecule has 0 aromatic heterocycles. The van der Waals surface area contributed by atoms with E-state index in [1.165, 1.54) is 19.2 Å². The molecule has 1 amide bonds. The van der Waals surface area contributed by atoms with Crippen LogP contribution in [0.5, 0.6) is 5.75 Å². The molecule has 0 aliphatic heterocycles. The summed E-state index contributed by atoms with van der Waals surface area (Å²) in [5, 5.41) is 2.80. The molecule has 2 aromatic rings. The number of alkyl halides is 1. The second-order valence-corrected chi connectivity index (χ2v) is 5.88. The van der Waals surface area contributed by atoms with Crippen LogP contribution in [0.15, 0.2) is 42.5 Å². The summed E-state index contributed by atoms with van der Waals surface area (Å²) in [5.74, 6) is -0.814. The fourth-order valence-electron chi connectivity index (χ4n) is 1.96. The first-order chi connectivity index (χ1) is 10.0. The molecule has 1 N–H and O–H groups in total. The van der Waals surface area contributed by atoms with E-state index >= 15 is 0 Å². The number of halogens is 2.